The zero-order valence-corrected chi connectivity index (χ0v) is 20.7. The van der Waals surface area contributed by atoms with Crippen molar-refractivity contribution in [3.8, 4) is 16.9 Å². The van der Waals surface area contributed by atoms with E-state index < -0.39 is 46.5 Å². The lowest BCUT2D eigenvalue weighted by atomic mass is 9.91. The van der Waals surface area contributed by atoms with Crippen molar-refractivity contribution in [1.82, 2.24) is 0 Å². The fourth-order valence-corrected chi connectivity index (χ4v) is 4.54. The van der Waals surface area contributed by atoms with Crippen molar-refractivity contribution in [2.45, 2.75) is 64.9 Å². The summed E-state index contributed by atoms with van der Waals surface area (Å²) in [7, 11) is 0. The maximum atomic E-state index is 14.6. The van der Waals surface area contributed by atoms with Crippen LogP contribution in [-0.2, 0) is 12.5 Å². The molecule has 0 heterocycles. The predicted octanol–water partition coefficient (Wildman–Crippen LogP) is 9.72. The van der Waals surface area contributed by atoms with Crippen LogP contribution in [-0.4, -0.2) is 0 Å². The number of benzene rings is 3. The third-order valence-corrected chi connectivity index (χ3v) is 6.32. The quantitative estimate of drug-likeness (QED) is 0.176. The van der Waals surface area contributed by atoms with Gasteiger partial charge in [0.1, 0.15) is 22.9 Å². The highest BCUT2D eigenvalue weighted by molar-refractivity contribution is 5.64. The number of alkyl halides is 2. The molecule has 0 amide bonds. The van der Waals surface area contributed by atoms with Gasteiger partial charge in [0.25, 0.3) is 0 Å². The fraction of sp³-hybridized carbons (Fsp3) is 0.379. The number of halogens is 7. The second-order valence-electron chi connectivity index (χ2n) is 8.89. The van der Waals surface area contributed by atoms with Crippen LogP contribution in [0.3, 0.4) is 0 Å². The number of rotatable bonds is 6. The van der Waals surface area contributed by atoms with Gasteiger partial charge >= 0.3 is 6.11 Å². The first kappa shape index (κ1) is 28.5. The maximum Gasteiger partial charge on any atom is 0.432 e. The number of ether oxygens (including phenoxy) is 1. The van der Waals surface area contributed by atoms with Gasteiger partial charge in [0.2, 0.25) is 0 Å². The van der Waals surface area contributed by atoms with Crippen molar-refractivity contribution < 1.29 is 35.5 Å². The Morgan fingerprint density at radius 2 is 1.22 bits per heavy atom. The monoisotopic (exact) mass is 526 g/mol. The molecule has 37 heavy (non-hydrogen) atoms. The van der Waals surface area contributed by atoms with E-state index in [9.17, 15) is 30.7 Å². The van der Waals surface area contributed by atoms with Crippen LogP contribution in [0, 0.1) is 35.0 Å². The molecule has 0 bridgehead atoms. The minimum Gasteiger partial charge on any atom is -0.429 e. The summed E-state index contributed by atoms with van der Waals surface area (Å²) in [6.45, 7) is 4.00. The summed E-state index contributed by atoms with van der Waals surface area (Å²) in [4.78, 5) is 0. The van der Waals surface area contributed by atoms with Crippen molar-refractivity contribution in [3.63, 3.8) is 0 Å². The molecule has 4 rings (SSSR count). The van der Waals surface area contributed by atoms with Gasteiger partial charge < -0.3 is 4.74 Å². The molecule has 0 saturated heterocycles. The second-order valence-corrected chi connectivity index (χ2v) is 8.89. The Kier molecular flexibility index (Phi) is 9.62. The number of hydrogen-bond donors (Lipinski definition) is 0. The summed E-state index contributed by atoms with van der Waals surface area (Å²) in [6, 6.07) is 8.87. The van der Waals surface area contributed by atoms with Crippen LogP contribution in [0.5, 0.6) is 5.75 Å². The van der Waals surface area contributed by atoms with Crippen molar-refractivity contribution in [1.29, 1.82) is 0 Å². The lowest BCUT2D eigenvalue weighted by Crippen LogP contribution is -2.25. The Morgan fingerprint density at radius 1 is 0.703 bits per heavy atom. The van der Waals surface area contributed by atoms with Crippen LogP contribution in [0.2, 0.25) is 0 Å². The highest BCUT2D eigenvalue weighted by Crippen LogP contribution is 2.38. The Hall–Kier alpha value is -3.03. The predicted molar refractivity (Wildman–Crippen MR) is 129 cm³/mol. The van der Waals surface area contributed by atoms with Gasteiger partial charge in [0, 0.05) is 12.1 Å². The SMILES string of the molecule is CC.Fc1cc(OC(F)(F)c2c(F)cc(-c3ccc(CC4CCCCCC4)cc3)cc2F)cc(F)c1F. The summed E-state index contributed by atoms with van der Waals surface area (Å²) in [5, 5.41) is 0. The first-order chi connectivity index (χ1) is 17.6. The molecular weight excluding hydrogens is 497 g/mol. The van der Waals surface area contributed by atoms with E-state index in [1.807, 2.05) is 26.0 Å². The third kappa shape index (κ3) is 7.05. The van der Waals surface area contributed by atoms with E-state index in [1.54, 1.807) is 12.1 Å². The Morgan fingerprint density at radius 3 is 1.73 bits per heavy atom. The Labute approximate surface area is 212 Å². The molecule has 0 unspecified atom stereocenters. The molecule has 0 radical (unpaired) electrons. The van der Waals surface area contributed by atoms with E-state index in [2.05, 4.69) is 4.74 Å². The third-order valence-electron chi connectivity index (χ3n) is 6.32. The van der Waals surface area contributed by atoms with Gasteiger partial charge in [-0.1, -0.05) is 76.6 Å². The van der Waals surface area contributed by atoms with Gasteiger partial charge in [-0.3, -0.25) is 0 Å². The minimum atomic E-state index is -4.62. The molecule has 1 fully saturated rings. The average Bonchev–Trinajstić information content (AvgIpc) is 3.12. The zero-order valence-electron chi connectivity index (χ0n) is 20.7. The summed E-state index contributed by atoms with van der Waals surface area (Å²) in [5.41, 5.74) is -0.154. The average molecular weight is 527 g/mol. The molecule has 1 aliphatic rings. The van der Waals surface area contributed by atoms with Crippen molar-refractivity contribution >= 4 is 0 Å². The molecule has 0 atom stereocenters. The standard InChI is InChI=1S/C27H23F7O.C2H6/c28-21-12-19(18-9-7-17(8-10-18)11-16-5-3-1-2-4-6-16)13-22(29)25(21)27(33,34)35-20-14-23(30)26(32)24(31)15-20;1-2/h7-10,12-16H,1-6,11H2;1-2H3. The van der Waals surface area contributed by atoms with Crippen LogP contribution < -0.4 is 4.74 Å². The van der Waals surface area contributed by atoms with Crippen LogP contribution in [0.15, 0.2) is 48.5 Å². The molecule has 1 aliphatic carbocycles. The first-order valence-corrected chi connectivity index (χ1v) is 12.4. The lowest BCUT2D eigenvalue weighted by Gasteiger charge is -2.20. The van der Waals surface area contributed by atoms with Crippen LogP contribution >= 0.6 is 0 Å². The van der Waals surface area contributed by atoms with E-state index in [0.717, 1.165) is 24.1 Å². The molecule has 1 saturated carbocycles. The molecule has 3 aromatic rings. The van der Waals surface area contributed by atoms with Gasteiger partial charge in [-0.2, -0.15) is 8.78 Å². The van der Waals surface area contributed by atoms with Gasteiger partial charge in [-0.05, 0) is 41.2 Å². The van der Waals surface area contributed by atoms with Gasteiger partial charge in [-0.15, -0.1) is 0 Å². The van der Waals surface area contributed by atoms with Crippen molar-refractivity contribution in [2.75, 3.05) is 0 Å². The summed E-state index contributed by atoms with van der Waals surface area (Å²) < 4.78 is 102. The highest BCUT2D eigenvalue weighted by Gasteiger charge is 2.41. The molecule has 0 spiro atoms. The zero-order chi connectivity index (χ0) is 27.2. The second kappa shape index (κ2) is 12.5. The molecule has 0 aromatic heterocycles. The molecule has 0 aliphatic heterocycles. The molecule has 200 valence electrons. The summed E-state index contributed by atoms with van der Waals surface area (Å²) in [5.74, 6) is -9.18. The van der Waals surface area contributed by atoms with E-state index >= 15 is 0 Å². The van der Waals surface area contributed by atoms with Gasteiger partial charge in [0.05, 0.1) is 0 Å². The topological polar surface area (TPSA) is 9.23 Å². The lowest BCUT2D eigenvalue weighted by molar-refractivity contribution is -0.189. The van der Waals surface area contributed by atoms with E-state index in [4.69, 9.17) is 0 Å². The van der Waals surface area contributed by atoms with Crippen LogP contribution in [0.4, 0.5) is 30.7 Å². The minimum absolute atomic E-state index is 0.0411. The maximum absolute atomic E-state index is 14.6. The normalized spacial score (nSPS) is 14.5. The molecule has 8 heteroatoms. The Balaban J connectivity index is 0.00000186. The van der Waals surface area contributed by atoms with Gasteiger partial charge in [-0.25, -0.2) is 22.0 Å². The highest BCUT2D eigenvalue weighted by atomic mass is 19.3. The largest absolute Gasteiger partial charge is 0.432 e. The van der Waals surface area contributed by atoms with E-state index in [1.165, 1.54) is 38.5 Å². The summed E-state index contributed by atoms with van der Waals surface area (Å²) >= 11 is 0. The van der Waals surface area contributed by atoms with Crippen molar-refractivity contribution in [3.05, 3.63) is 88.7 Å². The molecular formula is C29H29F7O. The Bertz CT molecular complexity index is 1140. The first-order valence-electron chi connectivity index (χ1n) is 12.4. The van der Waals surface area contributed by atoms with Gasteiger partial charge in [0.15, 0.2) is 17.5 Å². The fourth-order valence-electron chi connectivity index (χ4n) is 4.54. The van der Waals surface area contributed by atoms with E-state index in [0.29, 0.717) is 11.5 Å². The van der Waals surface area contributed by atoms with Crippen LogP contribution in [0.25, 0.3) is 11.1 Å². The molecule has 0 N–H and O–H groups in total. The molecule has 1 nitrogen and oxygen atoms in total. The smallest absolute Gasteiger partial charge is 0.429 e. The van der Waals surface area contributed by atoms with Crippen LogP contribution in [0.1, 0.15) is 63.5 Å². The van der Waals surface area contributed by atoms with E-state index in [-0.39, 0.29) is 17.7 Å². The van der Waals surface area contributed by atoms with Crippen molar-refractivity contribution in [2.24, 2.45) is 5.92 Å². The number of hydrogen-bond acceptors (Lipinski definition) is 1. The summed E-state index contributed by atoms with van der Waals surface area (Å²) in [6.07, 6.45) is 3.58. The molecule has 3 aromatic carbocycles.